The van der Waals surface area contributed by atoms with Crippen LogP contribution in [-0.2, 0) is 27.9 Å². The van der Waals surface area contributed by atoms with Crippen molar-refractivity contribution >= 4 is 13.8 Å². The quantitative estimate of drug-likeness (QED) is 0.0151. The number of esters is 1. The summed E-state index contributed by atoms with van der Waals surface area (Å²) in [5.74, 6) is -0.410. The topological polar surface area (TPSA) is 94.1 Å². The number of allylic oxidation sites excluding steroid dienone is 9. The molecule has 0 N–H and O–H groups in total. The van der Waals surface area contributed by atoms with Crippen molar-refractivity contribution in [3.8, 4) is 0 Å². The number of carbonyl (C=O) groups is 1. The Bertz CT molecular complexity index is 1090. The van der Waals surface area contributed by atoms with Gasteiger partial charge in [-0.2, -0.15) is 0 Å². The van der Waals surface area contributed by atoms with Crippen molar-refractivity contribution in [1.82, 2.24) is 0 Å². The normalized spacial score (nSPS) is 14.2. The number of nitrogens with zero attached hydrogens (tertiary/aromatic N) is 1. The predicted molar refractivity (Wildman–Crippen MR) is 240 cm³/mol. The lowest BCUT2D eigenvalue weighted by Gasteiger charge is -2.28. The van der Waals surface area contributed by atoms with Crippen LogP contribution in [0.2, 0.25) is 0 Å². The molecule has 8 nitrogen and oxygen atoms in total. The van der Waals surface area contributed by atoms with Crippen LogP contribution >= 0.6 is 7.82 Å². The van der Waals surface area contributed by atoms with E-state index in [1.807, 2.05) is 27.2 Å². The minimum atomic E-state index is -4.56. The van der Waals surface area contributed by atoms with Crippen molar-refractivity contribution in [1.29, 1.82) is 0 Å². The Kier molecular flexibility index (Phi) is 39.4. The van der Waals surface area contributed by atoms with Gasteiger partial charge in [-0.1, -0.05) is 172 Å². The van der Waals surface area contributed by atoms with Crippen LogP contribution in [0.25, 0.3) is 0 Å². The monoisotopic (exact) mass is 822 g/mol. The van der Waals surface area contributed by atoms with Gasteiger partial charge in [0.1, 0.15) is 19.8 Å². The highest BCUT2D eigenvalue weighted by atomic mass is 31.2. The van der Waals surface area contributed by atoms with Gasteiger partial charge in [-0.25, -0.2) is 0 Å². The summed E-state index contributed by atoms with van der Waals surface area (Å²) >= 11 is 0. The number of rotatable bonds is 42. The van der Waals surface area contributed by atoms with Crippen LogP contribution < -0.4 is 4.89 Å². The van der Waals surface area contributed by atoms with Crippen molar-refractivity contribution in [2.75, 3.05) is 47.5 Å². The molecule has 0 bridgehead atoms. The third-order valence-corrected chi connectivity index (χ3v) is 10.6. The van der Waals surface area contributed by atoms with E-state index in [-0.39, 0.29) is 26.2 Å². The Morgan fingerprint density at radius 2 is 0.982 bits per heavy atom. The van der Waals surface area contributed by atoms with Gasteiger partial charge in [0.25, 0.3) is 7.82 Å². The highest BCUT2D eigenvalue weighted by molar-refractivity contribution is 7.45. The number of phosphoric ester groups is 1. The molecule has 0 aliphatic heterocycles. The van der Waals surface area contributed by atoms with Gasteiger partial charge in [0.15, 0.2) is 6.10 Å². The summed E-state index contributed by atoms with van der Waals surface area (Å²) < 4.78 is 34.3. The van der Waals surface area contributed by atoms with Crippen LogP contribution in [-0.4, -0.2) is 64.1 Å². The van der Waals surface area contributed by atoms with Crippen molar-refractivity contribution in [3.63, 3.8) is 0 Å². The van der Waals surface area contributed by atoms with Gasteiger partial charge in [0.05, 0.1) is 34.0 Å². The van der Waals surface area contributed by atoms with Crippen molar-refractivity contribution in [2.45, 2.75) is 193 Å². The zero-order valence-electron chi connectivity index (χ0n) is 37.5. The first kappa shape index (κ1) is 55.0. The average molecular weight is 822 g/mol. The number of likely N-dealkylation sites (N-methyl/N-ethyl adjacent to an activating group) is 1. The maximum atomic E-state index is 12.7. The van der Waals surface area contributed by atoms with E-state index in [0.717, 1.165) is 38.5 Å². The molecule has 0 fully saturated rings. The third kappa shape index (κ3) is 45.0. The summed E-state index contributed by atoms with van der Waals surface area (Å²) in [6.45, 7) is 4.65. The minimum Gasteiger partial charge on any atom is -0.756 e. The molecule has 0 aliphatic rings. The van der Waals surface area contributed by atoms with Crippen LogP contribution in [0.1, 0.15) is 187 Å². The lowest BCUT2D eigenvalue weighted by atomic mass is 10.0. The van der Waals surface area contributed by atoms with E-state index in [2.05, 4.69) is 62.5 Å². The Morgan fingerprint density at radius 1 is 0.561 bits per heavy atom. The number of hydrogen-bond acceptors (Lipinski definition) is 7. The molecule has 0 aromatic heterocycles. The number of phosphoric acid groups is 1. The molecule has 57 heavy (non-hydrogen) atoms. The van der Waals surface area contributed by atoms with Gasteiger partial charge >= 0.3 is 5.97 Å². The number of hydrogen-bond donors (Lipinski definition) is 0. The van der Waals surface area contributed by atoms with Gasteiger partial charge in [0.2, 0.25) is 0 Å². The molecule has 0 saturated carbocycles. The number of quaternary nitrogens is 1. The largest absolute Gasteiger partial charge is 0.756 e. The summed E-state index contributed by atoms with van der Waals surface area (Å²) in [5.41, 5.74) is 0. The molecular formula is C48H88NO7P. The first-order valence-electron chi connectivity index (χ1n) is 23.1. The van der Waals surface area contributed by atoms with E-state index >= 15 is 0 Å². The summed E-state index contributed by atoms with van der Waals surface area (Å²) in [7, 11) is 1.29. The standard InChI is InChI=1S/C48H88NO7P/c1-6-8-10-12-14-16-18-20-22-24-26-28-30-32-34-36-38-40-43-53-45-47(46-55-57(51,52)54-44-42-49(3,4)5)56-48(50)41-39-37-35-33-31-29-27-25-23-21-19-17-15-13-11-9-7-2/h15,17,21,23,27,29,33,35,40,43,47H,6-14,16,18-20,22,24-26,28,30-32,34,36-39,41-42,44-46H2,1-5H3/b17-15+,23-21+,29-27+,35-33+,43-40+/t47-/m1/s1. The maximum Gasteiger partial charge on any atom is 0.306 e. The maximum absolute atomic E-state index is 12.7. The zero-order valence-corrected chi connectivity index (χ0v) is 38.4. The van der Waals surface area contributed by atoms with Gasteiger partial charge in [-0.15, -0.1) is 0 Å². The fourth-order valence-electron chi connectivity index (χ4n) is 6.03. The van der Waals surface area contributed by atoms with E-state index in [0.29, 0.717) is 17.4 Å². The fraction of sp³-hybridized carbons (Fsp3) is 0.771. The van der Waals surface area contributed by atoms with Gasteiger partial charge < -0.3 is 27.9 Å². The molecule has 0 saturated heterocycles. The second-order valence-electron chi connectivity index (χ2n) is 16.5. The molecule has 0 aliphatic carbocycles. The first-order chi connectivity index (χ1) is 27.6. The number of unbranched alkanes of at least 4 members (excludes halogenated alkanes) is 20. The summed E-state index contributed by atoms with van der Waals surface area (Å²) in [5, 5.41) is 0. The minimum absolute atomic E-state index is 0.00273. The van der Waals surface area contributed by atoms with E-state index in [4.69, 9.17) is 18.5 Å². The zero-order chi connectivity index (χ0) is 42.0. The summed E-state index contributed by atoms with van der Waals surface area (Å²) in [6, 6.07) is 0. The van der Waals surface area contributed by atoms with Gasteiger partial charge in [-0.05, 0) is 63.9 Å². The molecule has 0 amide bonds. The van der Waals surface area contributed by atoms with Crippen LogP contribution in [0.4, 0.5) is 0 Å². The van der Waals surface area contributed by atoms with E-state index in [1.165, 1.54) is 122 Å². The van der Waals surface area contributed by atoms with Crippen molar-refractivity contribution < 1.29 is 37.3 Å². The lowest BCUT2D eigenvalue weighted by molar-refractivity contribution is -0.870. The number of carbonyl (C=O) groups excluding carboxylic acids is 1. The smallest absolute Gasteiger partial charge is 0.306 e. The average Bonchev–Trinajstić information content (AvgIpc) is 3.16. The third-order valence-electron chi connectivity index (χ3n) is 9.64. The summed E-state index contributed by atoms with van der Waals surface area (Å²) in [6.07, 6.45) is 52.0. The Labute approximate surface area is 351 Å². The molecule has 332 valence electrons. The fourth-order valence-corrected chi connectivity index (χ4v) is 6.76. The highest BCUT2D eigenvalue weighted by Crippen LogP contribution is 2.38. The van der Waals surface area contributed by atoms with Crippen molar-refractivity contribution in [3.05, 3.63) is 60.9 Å². The van der Waals surface area contributed by atoms with Crippen LogP contribution in [0.5, 0.6) is 0 Å². The Morgan fingerprint density at radius 3 is 1.49 bits per heavy atom. The molecule has 0 aromatic carbocycles. The van der Waals surface area contributed by atoms with Crippen LogP contribution in [0.15, 0.2) is 60.9 Å². The molecular weight excluding hydrogens is 734 g/mol. The second kappa shape index (κ2) is 40.8. The molecule has 0 rings (SSSR count). The molecule has 1 unspecified atom stereocenters. The summed E-state index contributed by atoms with van der Waals surface area (Å²) in [4.78, 5) is 25.0. The highest BCUT2D eigenvalue weighted by Gasteiger charge is 2.20. The SMILES string of the molecule is CCCCC/C=C/C/C=C/C/C=C/C/C=C/CCCC(=O)O[C@H](CO/C=C/CCCCCCCCCCCCCCCCCC)COP(=O)([O-])OCC[N+](C)(C)C. The Balaban J connectivity index is 4.35. The molecule has 0 aromatic rings. The predicted octanol–water partition coefficient (Wildman–Crippen LogP) is 13.4. The Hall–Kier alpha value is -1.96. The van der Waals surface area contributed by atoms with E-state index < -0.39 is 19.9 Å². The van der Waals surface area contributed by atoms with Crippen LogP contribution in [0, 0.1) is 0 Å². The van der Waals surface area contributed by atoms with E-state index in [1.54, 1.807) is 6.26 Å². The first-order valence-corrected chi connectivity index (χ1v) is 24.5. The van der Waals surface area contributed by atoms with E-state index in [9.17, 15) is 14.3 Å². The lowest BCUT2D eigenvalue weighted by Crippen LogP contribution is -2.37. The molecule has 0 heterocycles. The molecule has 0 radical (unpaired) electrons. The second-order valence-corrected chi connectivity index (χ2v) is 17.9. The number of ether oxygens (including phenoxy) is 2. The molecule has 2 atom stereocenters. The molecule has 9 heteroatoms. The van der Waals surface area contributed by atoms with Gasteiger partial charge in [-0.3, -0.25) is 9.36 Å². The molecule has 0 spiro atoms. The van der Waals surface area contributed by atoms with Gasteiger partial charge in [0, 0.05) is 6.42 Å². The van der Waals surface area contributed by atoms with Crippen LogP contribution in [0.3, 0.4) is 0 Å². The van der Waals surface area contributed by atoms with Crippen molar-refractivity contribution in [2.24, 2.45) is 0 Å².